The number of nitrogens with two attached hydrogens (primary N) is 1. The third-order valence-corrected chi connectivity index (χ3v) is 3.69. The summed E-state index contributed by atoms with van der Waals surface area (Å²) in [6, 6.07) is 2.58. The number of hydrogen-bond donors (Lipinski definition) is 2. The number of hydrogen-bond acceptors (Lipinski definition) is 5. The minimum absolute atomic E-state index is 0.185. The van der Waals surface area contributed by atoms with Crippen molar-refractivity contribution in [2.75, 3.05) is 5.73 Å². The van der Waals surface area contributed by atoms with Gasteiger partial charge in [-0.15, -0.1) is 0 Å². The molecule has 1 aromatic carbocycles. The van der Waals surface area contributed by atoms with Crippen LogP contribution in [0.1, 0.15) is 5.69 Å². The van der Waals surface area contributed by atoms with E-state index in [1.165, 1.54) is 12.3 Å². The summed E-state index contributed by atoms with van der Waals surface area (Å²) >= 11 is 0. The van der Waals surface area contributed by atoms with E-state index in [4.69, 9.17) is 5.73 Å². The number of rotatable bonds is 4. The molecule has 6 nitrogen and oxygen atoms in total. The fourth-order valence-corrected chi connectivity index (χ4v) is 2.42. The molecule has 1 aromatic heterocycles. The molecular weight excluding hydrogens is 280 g/mol. The second-order valence-corrected chi connectivity index (χ2v) is 5.35. The lowest BCUT2D eigenvalue weighted by atomic mass is 10.3. The number of benzene rings is 1. The van der Waals surface area contributed by atoms with Crippen LogP contribution in [-0.2, 0) is 16.6 Å². The van der Waals surface area contributed by atoms with Crippen molar-refractivity contribution in [2.24, 2.45) is 0 Å². The van der Waals surface area contributed by atoms with Gasteiger partial charge in [0, 0.05) is 12.1 Å². The number of aromatic nitrogens is 1. The molecule has 0 aliphatic heterocycles. The van der Waals surface area contributed by atoms with Gasteiger partial charge in [-0.3, -0.25) is 0 Å². The molecule has 0 saturated heterocycles. The molecule has 19 heavy (non-hydrogen) atoms. The molecule has 0 saturated carbocycles. The molecular formula is C10H9F2N3O3S. The van der Waals surface area contributed by atoms with Crippen molar-refractivity contribution in [3.63, 3.8) is 0 Å². The maximum atomic E-state index is 13.4. The van der Waals surface area contributed by atoms with Gasteiger partial charge in [-0.25, -0.2) is 21.9 Å². The number of nitrogens with one attached hydrogen (secondary N) is 1. The zero-order chi connectivity index (χ0) is 14.0. The fourth-order valence-electron chi connectivity index (χ4n) is 1.33. The van der Waals surface area contributed by atoms with E-state index in [0.29, 0.717) is 11.8 Å². The van der Waals surface area contributed by atoms with Crippen LogP contribution >= 0.6 is 0 Å². The van der Waals surface area contributed by atoms with Gasteiger partial charge in [-0.05, 0) is 6.07 Å². The first kappa shape index (κ1) is 13.4. The average Bonchev–Trinajstić information content (AvgIpc) is 2.84. The highest BCUT2D eigenvalue weighted by molar-refractivity contribution is 7.89. The third-order valence-electron chi connectivity index (χ3n) is 2.28. The summed E-state index contributed by atoms with van der Waals surface area (Å²) in [6.07, 6.45) is 1.26. The van der Waals surface area contributed by atoms with E-state index >= 15 is 0 Å². The van der Waals surface area contributed by atoms with Crippen LogP contribution in [0.5, 0.6) is 0 Å². The Balaban J connectivity index is 2.27. The highest BCUT2D eigenvalue weighted by Gasteiger charge is 2.21. The van der Waals surface area contributed by atoms with Gasteiger partial charge >= 0.3 is 0 Å². The molecule has 9 heteroatoms. The van der Waals surface area contributed by atoms with E-state index in [-0.39, 0.29) is 6.54 Å². The Kier molecular flexibility index (Phi) is 3.49. The Morgan fingerprint density at radius 3 is 2.68 bits per heavy atom. The number of nitrogens with zero attached hydrogens (tertiary/aromatic N) is 1. The van der Waals surface area contributed by atoms with E-state index in [1.54, 1.807) is 0 Å². The van der Waals surface area contributed by atoms with Crippen molar-refractivity contribution in [2.45, 2.75) is 11.4 Å². The van der Waals surface area contributed by atoms with Crippen molar-refractivity contribution >= 4 is 15.7 Å². The number of sulfonamides is 1. The maximum Gasteiger partial charge on any atom is 0.243 e. The van der Waals surface area contributed by atoms with Crippen LogP contribution < -0.4 is 10.5 Å². The summed E-state index contributed by atoms with van der Waals surface area (Å²) in [5, 5.41) is 3.49. The summed E-state index contributed by atoms with van der Waals surface area (Å²) in [6.45, 7) is -0.185. The Morgan fingerprint density at radius 2 is 2.05 bits per heavy atom. The van der Waals surface area contributed by atoms with Gasteiger partial charge in [-0.2, -0.15) is 0 Å². The zero-order valence-electron chi connectivity index (χ0n) is 9.43. The quantitative estimate of drug-likeness (QED) is 0.819. The van der Waals surface area contributed by atoms with Crippen LogP contribution in [-0.4, -0.2) is 13.6 Å². The summed E-state index contributed by atoms with van der Waals surface area (Å²) in [4.78, 5) is -0.727. The van der Waals surface area contributed by atoms with Crippen LogP contribution in [0.25, 0.3) is 0 Å². The topological polar surface area (TPSA) is 98.2 Å². The molecule has 0 aliphatic rings. The normalized spacial score (nSPS) is 11.7. The molecule has 0 spiro atoms. The van der Waals surface area contributed by atoms with Gasteiger partial charge in [0.1, 0.15) is 22.8 Å². The lowest BCUT2D eigenvalue weighted by molar-refractivity contribution is 0.411. The smallest absolute Gasteiger partial charge is 0.243 e. The molecule has 0 bridgehead atoms. The van der Waals surface area contributed by atoms with E-state index in [2.05, 4.69) is 14.4 Å². The van der Waals surface area contributed by atoms with Gasteiger partial charge < -0.3 is 10.3 Å². The number of anilines is 1. The second kappa shape index (κ2) is 4.94. The molecule has 2 rings (SSSR count). The van der Waals surface area contributed by atoms with Crippen LogP contribution in [0.4, 0.5) is 14.5 Å². The van der Waals surface area contributed by atoms with E-state index in [9.17, 15) is 17.2 Å². The number of halogens is 2. The third kappa shape index (κ3) is 2.88. The van der Waals surface area contributed by atoms with Crippen molar-refractivity contribution in [1.29, 1.82) is 0 Å². The van der Waals surface area contributed by atoms with E-state index in [1.807, 2.05) is 0 Å². The van der Waals surface area contributed by atoms with Crippen LogP contribution in [0.2, 0.25) is 0 Å². The fraction of sp³-hybridized carbons (Fsp3) is 0.100. The molecule has 1 heterocycles. The minimum Gasteiger partial charge on any atom is -0.396 e. The van der Waals surface area contributed by atoms with Crippen LogP contribution in [0.15, 0.2) is 33.9 Å². The van der Waals surface area contributed by atoms with Crippen molar-refractivity contribution < 1.29 is 21.7 Å². The lowest BCUT2D eigenvalue weighted by Gasteiger charge is -2.07. The van der Waals surface area contributed by atoms with Gasteiger partial charge in [0.15, 0.2) is 0 Å². The molecule has 0 atom stereocenters. The zero-order valence-corrected chi connectivity index (χ0v) is 10.2. The standard InChI is InChI=1S/C10H9F2N3O3S/c11-7-3-8(12)10(4-9(7)13)19(16,17)14-5-6-1-2-18-15-6/h1-4,14H,5,13H2. The molecule has 0 unspecified atom stereocenters. The summed E-state index contributed by atoms with van der Waals surface area (Å²) in [7, 11) is -4.16. The lowest BCUT2D eigenvalue weighted by Crippen LogP contribution is -2.24. The molecule has 2 aromatic rings. The summed E-state index contributed by atoms with van der Waals surface area (Å²) in [5.41, 5.74) is 5.08. The van der Waals surface area contributed by atoms with E-state index < -0.39 is 32.2 Å². The van der Waals surface area contributed by atoms with Gasteiger partial charge in [0.05, 0.1) is 17.9 Å². The Morgan fingerprint density at radius 1 is 1.32 bits per heavy atom. The molecule has 0 radical (unpaired) electrons. The van der Waals surface area contributed by atoms with Crippen LogP contribution in [0, 0.1) is 11.6 Å². The molecule has 0 fully saturated rings. The number of nitrogen functional groups attached to an aromatic ring is 1. The van der Waals surface area contributed by atoms with Gasteiger partial charge in [0.2, 0.25) is 10.0 Å². The first-order valence-electron chi connectivity index (χ1n) is 5.03. The predicted molar refractivity (Wildman–Crippen MR) is 61.3 cm³/mol. The monoisotopic (exact) mass is 289 g/mol. The van der Waals surface area contributed by atoms with Crippen molar-refractivity contribution in [3.8, 4) is 0 Å². The Bertz CT molecular complexity index is 686. The SMILES string of the molecule is Nc1cc(S(=O)(=O)NCc2ccon2)c(F)cc1F. The summed E-state index contributed by atoms with van der Waals surface area (Å²) < 4.78 is 56.7. The molecule has 3 N–H and O–H groups in total. The Hall–Kier alpha value is -2.00. The Labute approximate surface area is 107 Å². The van der Waals surface area contributed by atoms with Crippen molar-refractivity contribution in [1.82, 2.24) is 9.88 Å². The first-order chi connectivity index (χ1) is 8.90. The predicted octanol–water partition coefficient (Wildman–Crippen LogP) is 1.01. The second-order valence-electron chi connectivity index (χ2n) is 3.62. The first-order valence-corrected chi connectivity index (χ1v) is 6.52. The summed E-state index contributed by atoms with van der Waals surface area (Å²) in [5.74, 6) is -2.24. The average molecular weight is 289 g/mol. The van der Waals surface area contributed by atoms with Gasteiger partial charge in [-0.1, -0.05) is 5.16 Å². The van der Waals surface area contributed by atoms with E-state index in [0.717, 1.165) is 6.07 Å². The van der Waals surface area contributed by atoms with Crippen molar-refractivity contribution in [3.05, 3.63) is 41.8 Å². The highest BCUT2D eigenvalue weighted by Crippen LogP contribution is 2.20. The van der Waals surface area contributed by atoms with Gasteiger partial charge in [0.25, 0.3) is 0 Å². The highest BCUT2D eigenvalue weighted by atomic mass is 32.2. The minimum atomic E-state index is -4.16. The molecule has 0 amide bonds. The molecule has 0 aliphatic carbocycles. The maximum absolute atomic E-state index is 13.4. The molecule has 102 valence electrons. The van der Waals surface area contributed by atoms with Crippen LogP contribution in [0.3, 0.4) is 0 Å². The largest absolute Gasteiger partial charge is 0.396 e.